The first-order chi connectivity index (χ1) is 10.5. The van der Waals surface area contributed by atoms with Gasteiger partial charge in [-0.2, -0.15) is 0 Å². The van der Waals surface area contributed by atoms with Crippen molar-refractivity contribution >= 4 is 6.29 Å². The van der Waals surface area contributed by atoms with Gasteiger partial charge in [-0.3, -0.25) is 4.90 Å². The molecule has 2 aliphatic rings. The van der Waals surface area contributed by atoms with Gasteiger partial charge in [0.05, 0.1) is 0 Å². The van der Waals surface area contributed by atoms with Crippen LogP contribution in [0.2, 0.25) is 0 Å². The molecule has 0 aromatic carbocycles. The summed E-state index contributed by atoms with van der Waals surface area (Å²) in [5, 5.41) is 0. The normalized spacial score (nSPS) is 28.0. The van der Waals surface area contributed by atoms with Crippen LogP contribution in [0.3, 0.4) is 0 Å². The number of carbonyl (C=O) groups is 1. The molecule has 0 aromatic rings. The Kier molecular flexibility index (Phi) is 6.25. The van der Waals surface area contributed by atoms with Crippen LogP contribution >= 0.6 is 0 Å². The molecule has 2 heterocycles. The number of rotatable bonds is 5. The molecule has 3 heteroatoms. The Morgan fingerprint density at radius 3 is 2.68 bits per heavy atom. The predicted molar refractivity (Wildman–Crippen MR) is 92.7 cm³/mol. The zero-order valence-electron chi connectivity index (χ0n) is 14.7. The van der Waals surface area contributed by atoms with E-state index in [9.17, 15) is 4.79 Å². The van der Waals surface area contributed by atoms with Crippen molar-refractivity contribution < 1.29 is 4.79 Å². The Morgan fingerprint density at radius 2 is 2.05 bits per heavy atom. The van der Waals surface area contributed by atoms with Crippen molar-refractivity contribution in [2.45, 2.75) is 53.0 Å². The summed E-state index contributed by atoms with van der Waals surface area (Å²) in [6.07, 6.45) is 9.03. The van der Waals surface area contributed by atoms with Crippen LogP contribution in [0.5, 0.6) is 0 Å². The van der Waals surface area contributed by atoms with E-state index in [0.717, 1.165) is 45.4 Å². The lowest BCUT2D eigenvalue weighted by molar-refractivity contribution is -0.113. The predicted octanol–water partition coefficient (Wildman–Crippen LogP) is 3.48. The summed E-state index contributed by atoms with van der Waals surface area (Å²) in [6.45, 7) is 13.3. The molecule has 2 atom stereocenters. The molecule has 3 nitrogen and oxygen atoms in total. The SMILES string of the molecule is CCC=C(/C=C(/C)C(C)C)N1CCN2CCC(C=O)CC2C1. The molecule has 22 heavy (non-hydrogen) atoms. The number of carbonyl (C=O) groups excluding carboxylic acids is 1. The summed E-state index contributed by atoms with van der Waals surface area (Å²) in [7, 11) is 0. The van der Waals surface area contributed by atoms with E-state index in [0.29, 0.717) is 12.0 Å². The van der Waals surface area contributed by atoms with Gasteiger partial charge < -0.3 is 9.69 Å². The average Bonchev–Trinajstić information content (AvgIpc) is 2.53. The van der Waals surface area contributed by atoms with Gasteiger partial charge in [0.15, 0.2) is 0 Å². The number of hydrogen-bond acceptors (Lipinski definition) is 3. The molecule has 2 fully saturated rings. The minimum absolute atomic E-state index is 0.271. The summed E-state index contributed by atoms with van der Waals surface area (Å²) < 4.78 is 0. The lowest BCUT2D eigenvalue weighted by Crippen LogP contribution is -2.55. The third-order valence-corrected chi connectivity index (χ3v) is 5.22. The Balaban J connectivity index is 2.08. The lowest BCUT2D eigenvalue weighted by atomic mass is 9.90. The molecule has 2 rings (SSSR count). The minimum atomic E-state index is 0.271. The van der Waals surface area contributed by atoms with E-state index >= 15 is 0 Å². The molecule has 0 spiro atoms. The van der Waals surface area contributed by atoms with Gasteiger partial charge in [0.1, 0.15) is 6.29 Å². The van der Waals surface area contributed by atoms with Gasteiger partial charge >= 0.3 is 0 Å². The van der Waals surface area contributed by atoms with Crippen LogP contribution in [0.15, 0.2) is 23.4 Å². The third-order valence-electron chi connectivity index (χ3n) is 5.22. The quantitative estimate of drug-likeness (QED) is 0.574. The molecular formula is C19H32N2O. The summed E-state index contributed by atoms with van der Waals surface area (Å²) in [5.74, 6) is 0.864. The summed E-state index contributed by atoms with van der Waals surface area (Å²) in [5.41, 5.74) is 2.82. The molecule has 2 saturated heterocycles. The highest BCUT2D eigenvalue weighted by Crippen LogP contribution is 2.27. The van der Waals surface area contributed by atoms with Crippen LogP contribution in [0.4, 0.5) is 0 Å². The van der Waals surface area contributed by atoms with Gasteiger partial charge in [0, 0.05) is 37.3 Å². The van der Waals surface area contributed by atoms with Crippen LogP contribution in [0, 0.1) is 11.8 Å². The summed E-state index contributed by atoms with van der Waals surface area (Å²) in [4.78, 5) is 16.2. The average molecular weight is 304 g/mol. The zero-order valence-corrected chi connectivity index (χ0v) is 14.7. The standard InChI is InChI=1S/C19H32N2O/c1-5-6-18(11-16(4)15(2)3)21-10-9-20-8-7-17(14-22)12-19(20)13-21/h6,11,14-15,17,19H,5,7-10,12-13H2,1-4H3/b16-11-,18-6?. The second kappa shape index (κ2) is 7.96. The van der Waals surface area contributed by atoms with E-state index in [4.69, 9.17) is 0 Å². The highest BCUT2D eigenvalue weighted by Gasteiger charge is 2.33. The van der Waals surface area contributed by atoms with Gasteiger partial charge in [-0.15, -0.1) is 0 Å². The number of nitrogens with zero attached hydrogens (tertiary/aromatic N) is 2. The molecule has 0 aliphatic carbocycles. The lowest BCUT2D eigenvalue weighted by Gasteiger charge is -2.46. The van der Waals surface area contributed by atoms with E-state index < -0.39 is 0 Å². The molecule has 2 unspecified atom stereocenters. The fourth-order valence-corrected chi connectivity index (χ4v) is 3.46. The van der Waals surface area contributed by atoms with Gasteiger partial charge in [0.2, 0.25) is 0 Å². The first-order valence-electron chi connectivity index (χ1n) is 8.87. The fraction of sp³-hybridized carbons (Fsp3) is 0.737. The highest BCUT2D eigenvalue weighted by atomic mass is 16.1. The Bertz CT molecular complexity index is 439. The fourth-order valence-electron chi connectivity index (χ4n) is 3.46. The van der Waals surface area contributed by atoms with Crippen molar-refractivity contribution in [1.29, 1.82) is 0 Å². The van der Waals surface area contributed by atoms with E-state index in [1.807, 2.05) is 0 Å². The summed E-state index contributed by atoms with van der Waals surface area (Å²) in [6, 6.07) is 0.547. The van der Waals surface area contributed by atoms with Crippen molar-refractivity contribution in [2.24, 2.45) is 11.8 Å². The van der Waals surface area contributed by atoms with Crippen LogP contribution in [0.1, 0.15) is 47.0 Å². The first-order valence-corrected chi connectivity index (χ1v) is 8.87. The van der Waals surface area contributed by atoms with Crippen LogP contribution in [-0.4, -0.2) is 48.3 Å². The van der Waals surface area contributed by atoms with Gasteiger partial charge in [-0.05, 0) is 44.7 Å². The summed E-state index contributed by atoms with van der Waals surface area (Å²) >= 11 is 0. The molecule has 0 saturated carbocycles. The number of piperidine rings is 1. The van der Waals surface area contributed by atoms with Crippen molar-refractivity contribution in [3.8, 4) is 0 Å². The van der Waals surface area contributed by atoms with Crippen molar-refractivity contribution in [3.63, 3.8) is 0 Å². The van der Waals surface area contributed by atoms with E-state index in [1.54, 1.807) is 0 Å². The first kappa shape index (κ1) is 17.3. The molecule has 0 aromatic heterocycles. The van der Waals surface area contributed by atoms with E-state index in [-0.39, 0.29) is 5.92 Å². The van der Waals surface area contributed by atoms with Gasteiger partial charge in [-0.1, -0.05) is 32.4 Å². The molecule has 0 bridgehead atoms. The second-order valence-electron chi connectivity index (χ2n) is 7.14. The van der Waals surface area contributed by atoms with Crippen molar-refractivity contribution in [2.75, 3.05) is 26.2 Å². The monoisotopic (exact) mass is 304 g/mol. The maximum absolute atomic E-state index is 11.1. The molecular weight excluding hydrogens is 272 g/mol. The number of hydrogen-bond donors (Lipinski definition) is 0. The van der Waals surface area contributed by atoms with Crippen LogP contribution in [-0.2, 0) is 4.79 Å². The Morgan fingerprint density at radius 1 is 1.27 bits per heavy atom. The zero-order chi connectivity index (χ0) is 16.1. The molecule has 0 amide bonds. The maximum atomic E-state index is 11.1. The van der Waals surface area contributed by atoms with Crippen molar-refractivity contribution in [1.82, 2.24) is 9.80 Å². The van der Waals surface area contributed by atoms with Gasteiger partial charge in [-0.25, -0.2) is 0 Å². The van der Waals surface area contributed by atoms with E-state index in [2.05, 4.69) is 49.6 Å². The molecule has 0 N–H and O–H groups in total. The minimum Gasteiger partial charge on any atom is -0.369 e. The van der Waals surface area contributed by atoms with E-state index in [1.165, 1.54) is 17.6 Å². The highest BCUT2D eigenvalue weighted by molar-refractivity contribution is 5.53. The third kappa shape index (κ3) is 4.22. The molecule has 0 radical (unpaired) electrons. The number of allylic oxidation sites excluding steroid dienone is 3. The van der Waals surface area contributed by atoms with Gasteiger partial charge in [0.25, 0.3) is 0 Å². The number of fused-ring (bicyclic) bond motifs is 1. The second-order valence-corrected chi connectivity index (χ2v) is 7.14. The molecule has 124 valence electrons. The largest absolute Gasteiger partial charge is 0.369 e. The molecule has 2 aliphatic heterocycles. The topological polar surface area (TPSA) is 23.6 Å². The Labute approximate surface area is 136 Å². The smallest absolute Gasteiger partial charge is 0.123 e. The maximum Gasteiger partial charge on any atom is 0.123 e. The number of aldehydes is 1. The Hall–Kier alpha value is -1.09. The van der Waals surface area contributed by atoms with Crippen LogP contribution < -0.4 is 0 Å². The number of piperazine rings is 1. The van der Waals surface area contributed by atoms with Crippen molar-refractivity contribution in [3.05, 3.63) is 23.4 Å². The van der Waals surface area contributed by atoms with Crippen LogP contribution in [0.25, 0.3) is 0 Å².